The van der Waals surface area contributed by atoms with Crippen molar-refractivity contribution in [3.8, 4) is 0 Å². The van der Waals surface area contributed by atoms with Crippen molar-refractivity contribution in [2.45, 2.75) is 18.5 Å². The quantitative estimate of drug-likeness (QED) is 0.702. The Labute approximate surface area is 86.5 Å². The lowest BCUT2D eigenvalue weighted by atomic mass is 9.88. The molecule has 0 saturated heterocycles. The van der Waals surface area contributed by atoms with E-state index in [4.69, 9.17) is 11.5 Å². The number of nitrogens with two attached hydrogens (primary N) is 2. The van der Waals surface area contributed by atoms with Gasteiger partial charge in [0.25, 0.3) is 0 Å². The van der Waals surface area contributed by atoms with Crippen LogP contribution in [0.3, 0.4) is 0 Å². The molecule has 5 heteroatoms. The van der Waals surface area contributed by atoms with Crippen molar-refractivity contribution in [2.24, 2.45) is 11.5 Å². The van der Waals surface area contributed by atoms with Gasteiger partial charge in [-0.1, -0.05) is 24.3 Å². The first-order valence-corrected chi connectivity index (χ1v) is 5.11. The summed E-state index contributed by atoms with van der Waals surface area (Å²) in [7, 11) is 0. The fraction of sp³-hybridized carbons (Fsp3) is 0.333. The summed E-state index contributed by atoms with van der Waals surface area (Å²) in [4.78, 5) is 4.27. The summed E-state index contributed by atoms with van der Waals surface area (Å²) >= 11 is 1.31. The molecule has 1 aromatic heterocycles. The van der Waals surface area contributed by atoms with Gasteiger partial charge < -0.3 is 11.5 Å². The van der Waals surface area contributed by atoms with Crippen LogP contribution in [-0.2, 0) is 5.54 Å². The van der Waals surface area contributed by atoms with Gasteiger partial charge in [-0.3, -0.25) is 0 Å². The lowest BCUT2D eigenvalue weighted by Crippen LogP contribution is -2.50. The highest BCUT2D eigenvalue weighted by molar-refractivity contribution is 7.05. The van der Waals surface area contributed by atoms with E-state index >= 15 is 0 Å². The molecule has 4 nitrogen and oxygen atoms in total. The highest BCUT2D eigenvalue weighted by Gasteiger charge is 2.34. The third-order valence-electron chi connectivity index (χ3n) is 2.25. The van der Waals surface area contributed by atoms with Crippen molar-refractivity contribution in [3.63, 3.8) is 0 Å². The van der Waals surface area contributed by atoms with Gasteiger partial charge in [0.15, 0.2) is 0 Å². The molecule has 0 radical (unpaired) electrons. The van der Waals surface area contributed by atoms with Gasteiger partial charge in [0.1, 0.15) is 16.4 Å². The summed E-state index contributed by atoms with van der Waals surface area (Å²) in [6.07, 6.45) is 7.53. The van der Waals surface area contributed by atoms with Gasteiger partial charge in [-0.25, -0.2) is 4.98 Å². The van der Waals surface area contributed by atoms with Crippen LogP contribution in [-0.4, -0.2) is 15.4 Å². The molecular weight excluding hydrogens is 196 g/mol. The minimum absolute atomic E-state index is 0.236. The lowest BCUT2D eigenvalue weighted by Gasteiger charge is -2.29. The van der Waals surface area contributed by atoms with E-state index in [2.05, 4.69) is 9.36 Å². The molecule has 1 heterocycles. The smallest absolute Gasteiger partial charge is 0.139 e. The van der Waals surface area contributed by atoms with Crippen LogP contribution in [0, 0.1) is 6.92 Å². The van der Waals surface area contributed by atoms with Crippen LogP contribution < -0.4 is 11.5 Å². The minimum Gasteiger partial charge on any atom is -0.322 e. The molecule has 0 bridgehead atoms. The predicted molar refractivity (Wildman–Crippen MR) is 56.8 cm³/mol. The average molecular weight is 208 g/mol. The monoisotopic (exact) mass is 208 g/mol. The number of aryl methyl sites for hydroxylation is 1. The molecule has 1 aliphatic rings. The first-order chi connectivity index (χ1) is 6.63. The van der Waals surface area contributed by atoms with Crippen LogP contribution in [0.15, 0.2) is 24.3 Å². The molecule has 0 aliphatic heterocycles. The van der Waals surface area contributed by atoms with E-state index in [9.17, 15) is 0 Å². The van der Waals surface area contributed by atoms with Crippen LogP contribution in [0.2, 0.25) is 0 Å². The lowest BCUT2D eigenvalue weighted by molar-refractivity contribution is 0.489. The van der Waals surface area contributed by atoms with E-state index in [-0.39, 0.29) is 6.04 Å². The third kappa shape index (κ3) is 1.39. The van der Waals surface area contributed by atoms with E-state index in [1.165, 1.54) is 11.5 Å². The summed E-state index contributed by atoms with van der Waals surface area (Å²) in [5.41, 5.74) is 11.4. The Morgan fingerprint density at radius 1 is 1.50 bits per heavy atom. The molecule has 1 aromatic rings. The van der Waals surface area contributed by atoms with E-state index in [0.29, 0.717) is 0 Å². The van der Waals surface area contributed by atoms with Gasteiger partial charge in [0.2, 0.25) is 0 Å². The molecule has 2 unspecified atom stereocenters. The molecule has 0 fully saturated rings. The van der Waals surface area contributed by atoms with E-state index in [1.54, 1.807) is 0 Å². The standard InChI is InChI=1S/C9H12N4S/c1-6-12-8(14-13-6)9(11)5-3-2-4-7(9)10/h2-5,7H,10-11H2,1H3. The third-order valence-corrected chi connectivity index (χ3v) is 3.22. The maximum atomic E-state index is 6.18. The number of aromatic nitrogens is 2. The van der Waals surface area contributed by atoms with Crippen molar-refractivity contribution in [1.82, 2.24) is 9.36 Å². The average Bonchev–Trinajstić information content (AvgIpc) is 2.58. The zero-order valence-corrected chi connectivity index (χ0v) is 8.66. The molecule has 74 valence electrons. The van der Waals surface area contributed by atoms with Gasteiger partial charge in [-0.05, 0) is 18.5 Å². The van der Waals surface area contributed by atoms with E-state index in [0.717, 1.165) is 10.8 Å². The Kier molecular flexibility index (Phi) is 2.22. The maximum Gasteiger partial charge on any atom is 0.139 e. The van der Waals surface area contributed by atoms with Crippen LogP contribution in [0.5, 0.6) is 0 Å². The Balaban J connectivity index is 2.41. The molecule has 2 rings (SSSR count). The Morgan fingerprint density at radius 2 is 2.29 bits per heavy atom. The number of hydrogen-bond donors (Lipinski definition) is 2. The van der Waals surface area contributed by atoms with Gasteiger partial charge in [0.05, 0.1) is 6.04 Å². The zero-order chi connectivity index (χ0) is 10.2. The number of allylic oxidation sites excluding steroid dienone is 2. The van der Waals surface area contributed by atoms with Crippen LogP contribution in [0.1, 0.15) is 10.8 Å². The van der Waals surface area contributed by atoms with Gasteiger partial charge in [-0.2, -0.15) is 4.37 Å². The van der Waals surface area contributed by atoms with Crippen molar-refractivity contribution in [3.05, 3.63) is 35.1 Å². The predicted octanol–water partition coefficient (Wildman–Crippen LogP) is 0.454. The van der Waals surface area contributed by atoms with Crippen LogP contribution in [0.4, 0.5) is 0 Å². The van der Waals surface area contributed by atoms with Crippen molar-refractivity contribution in [2.75, 3.05) is 0 Å². The largest absolute Gasteiger partial charge is 0.322 e. The Bertz CT molecular complexity index is 395. The fourth-order valence-corrected chi connectivity index (χ4v) is 2.15. The van der Waals surface area contributed by atoms with E-state index in [1.807, 2.05) is 31.2 Å². The Morgan fingerprint density at radius 3 is 2.86 bits per heavy atom. The minimum atomic E-state index is -0.694. The second-order valence-electron chi connectivity index (χ2n) is 3.35. The van der Waals surface area contributed by atoms with Gasteiger partial charge in [0, 0.05) is 0 Å². The first-order valence-electron chi connectivity index (χ1n) is 4.34. The van der Waals surface area contributed by atoms with Gasteiger partial charge in [-0.15, -0.1) is 0 Å². The molecular formula is C9H12N4S. The topological polar surface area (TPSA) is 77.8 Å². The second kappa shape index (κ2) is 3.27. The molecule has 0 spiro atoms. The summed E-state index contributed by atoms with van der Waals surface area (Å²) in [5.74, 6) is 0.741. The molecule has 14 heavy (non-hydrogen) atoms. The van der Waals surface area contributed by atoms with Crippen molar-refractivity contribution in [1.29, 1.82) is 0 Å². The molecule has 0 amide bonds. The summed E-state index contributed by atoms with van der Waals surface area (Å²) in [6.45, 7) is 1.84. The highest BCUT2D eigenvalue weighted by atomic mass is 32.1. The fourth-order valence-electron chi connectivity index (χ4n) is 1.36. The molecule has 4 N–H and O–H groups in total. The van der Waals surface area contributed by atoms with Crippen LogP contribution in [0.25, 0.3) is 0 Å². The second-order valence-corrected chi connectivity index (χ2v) is 4.10. The summed E-state index contributed by atoms with van der Waals surface area (Å²) in [6, 6.07) is -0.236. The van der Waals surface area contributed by atoms with Crippen molar-refractivity contribution >= 4 is 11.5 Å². The first kappa shape index (κ1) is 9.51. The number of rotatable bonds is 1. The van der Waals surface area contributed by atoms with Crippen LogP contribution >= 0.6 is 11.5 Å². The molecule has 0 saturated carbocycles. The SMILES string of the molecule is Cc1nsc(C2(N)C=CC=CC2N)n1. The molecule has 1 aliphatic carbocycles. The van der Waals surface area contributed by atoms with Gasteiger partial charge >= 0.3 is 0 Å². The number of nitrogens with zero attached hydrogens (tertiary/aromatic N) is 2. The molecule has 0 aromatic carbocycles. The number of hydrogen-bond acceptors (Lipinski definition) is 5. The normalized spacial score (nSPS) is 30.9. The molecule has 2 atom stereocenters. The van der Waals surface area contributed by atoms with E-state index < -0.39 is 5.54 Å². The summed E-state index contributed by atoms with van der Waals surface area (Å²) < 4.78 is 4.11. The zero-order valence-electron chi connectivity index (χ0n) is 7.84. The highest BCUT2D eigenvalue weighted by Crippen LogP contribution is 2.27. The Hall–Kier alpha value is -1.04. The maximum absolute atomic E-state index is 6.18. The summed E-state index contributed by atoms with van der Waals surface area (Å²) in [5, 5.41) is 0.767. The van der Waals surface area contributed by atoms with Crippen molar-refractivity contribution < 1.29 is 0 Å².